The lowest BCUT2D eigenvalue weighted by atomic mass is 10.1. The van der Waals surface area contributed by atoms with Crippen molar-refractivity contribution in [1.29, 1.82) is 0 Å². The fourth-order valence-electron chi connectivity index (χ4n) is 4.13. The number of aryl methyl sites for hydroxylation is 1. The molecule has 0 aromatic heterocycles. The van der Waals surface area contributed by atoms with Crippen LogP contribution in [-0.2, 0) is 45.9 Å². The van der Waals surface area contributed by atoms with Gasteiger partial charge in [-0.3, -0.25) is 18.5 Å². The van der Waals surface area contributed by atoms with Gasteiger partial charge in [-0.1, -0.05) is 23.7 Å². The van der Waals surface area contributed by atoms with Gasteiger partial charge >= 0.3 is 0 Å². The van der Waals surface area contributed by atoms with Crippen molar-refractivity contribution in [3.05, 3.63) is 82.4 Å². The van der Waals surface area contributed by atoms with Crippen molar-refractivity contribution in [2.24, 2.45) is 0 Å². The number of alkyl halides is 1. The van der Waals surface area contributed by atoms with E-state index in [1.807, 2.05) is 0 Å². The van der Waals surface area contributed by atoms with Gasteiger partial charge in [-0.2, -0.15) is 25.3 Å². The number of amides is 1. The van der Waals surface area contributed by atoms with Crippen molar-refractivity contribution in [3.8, 4) is 5.75 Å². The normalized spacial score (nSPS) is 12.3. The standard InChI is InChI=1S/C20H18ClNO10S3.C7H8ClNO3S/c21-5-6-33(25,26)11-12-1-3-13(4-2-12)20(24)22-17-9-15(34(27,28)29)7-14-8-16(35(30,31)32)10-18(23)19(14)17;1-4-2-6(9)7(3-5(4)8)13(10,11)12/h1-4,7-10,23H,5-6,11H2,(H,22,24)(H,27,28,29)(H,30,31,32);2-3H,9H2,1H3,(H,10,11,12). The van der Waals surface area contributed by atoms with Crippen LogP contribution in [0.5, 0.6) is 5.75 Å². The van der Waals surface area contributed by atoms with E-state index < -0.39 is 61.6 Å². The molecule has 1 amide bonds. The number of phenols is 1. The smallest absolute Gasteiger partial charge is 0.296 e. The average Bonchev–Trinajstić information content (AvgIpc) is 2.93. The van der Waals surface area contributed by atoms with E-state index in [9.17, 15) is 52.7 Å². The van der Waals surface area contributed by atoms with Crippen LogP contribution in [0.2, 0.25) is 5.02 Å². The lowest BCUT2D eigenvalue weighted by Gasteiger charge is -2.13. The summed E-state index contributed by atoms with van der Waals surface area (Å²) in [5.41, 5.74) is 6.19. The maximum atomic E-state index is 12.8. The van der Waals surface area contributed by atoms with E-state index >= 15 is 0 Å². The molecule has 0 saturated heterocycles. The van der Waals surface area contributed by atoms with Gasteiger partial charge in [0.05, 0.1) is 32.7 Å². The predicted molar refractivity (Wildman–Crippen MR) is 178 cm³/mol. The van der Waals surface area contributed by atoms with Crippen LogP contribution in [0.25, 0.3) is 10.8 Å². The van der Waals surface area contributed by atoms with Gasteiger partial charge in [0.25, 0.3) is 36.3 Å². The Kier molecular flexibility index (Phi) is 11.8. The minimum Gasteiger partial charge on any atom is -0.507 e. The largest absolute Gasteiger partial charge is 0.507 e. The van der Waals surface area contributed by atoms with Crippen molar-refractivity contribution in [2.75, 3.05) is 22.7 Å². The number of phenolic OH excluding ortho intramolecular Hbond substituents is 1. The molecule has 0 aliphatic heterocycles. The zero-order valence-electron chi connectivity index (χ0n) is 24.3. The van der Waals surface area contributed by atoms with Crippen molar-refractivity contribution in [2.45, 2.75) is 27.4 Å². The Morgan fingerprint density at radius 2 is 1.35 bits per heavy atom. The predicted octanol–water partition coefficient (Wildman–Crippen LogP) is 3.92. The third-order valence-electron chi connectivity index (χ3n) is 6.38. The number of anilines is 2. The average molecular weight is 786 g/mol. The molecule has 0 atom stereocenters. The fourth-order valence-corrected chi connectivity index (χ4v) is 7.85. The number of halogens is 2. The topological polar surface area (TPSA) is 273 Å². The van der Waals surface area contributed by atoms with E-state index in [1.54, 1.807) is 6.92 Å². The van der Waals surface area contributed by atoms with Crippen LogP contribution in [0, 0.1) is 6.92 Å². The second-order valence-corrected chi connectivity index (χ2v) is 17.2. The second-order valence-electron chi connectivity index (χ2n) is 10.0. The third-order valence-corrected chi connectivity index (χ3v) is 11.4. The van der Waals surface area contributed by atoms with Gasteiger partial charge in [0.2, 0.25) is 0 Å². The van der Waals surface area contributed by atoms with Crippen LogP contribution in [0.3, 0.4) is 0 Å². The Morgan fingerprint density at radius 1 is 0.812 bits per heavy atom. The molecule has 0 radical (unpaired) electrons. The van der Waals surface area contributed by atoms with E-state index in [-0.39, 0.29) is 55.0 Å². The van der Waals surface area contributed by atoms with Gasteiger partial charge in [-0.25, -0.2) is 8.42 Å². The first-order valence-electron chi connectivity index (χ1n) is 12.9. The van der Waals surface area contributed by atoms with Crippen molar-refractivity contribution < 1.29 is 57.2 Å². The van der Waals surface area contributed by atoms with Crippen LogP contribution < -0.4 is 11.1 Å². The van der Waals surface area contributed by atoms with Crippen LogP contribution >= 0.6 is 23.2 Å². The van der Waals surface area contributed by atoms with Crippen LogP contribution in [-0.4, -0.2) is 70.0 Å². The molecule has 15 nitrogen and oxygen atoms in total. The highest BCUT2D eigenvalue weighted by molar-refractivity contribution is 7.90. The first-order valence-corrected chi connectivity index (χ1v) is 19.9. The van der Waals surface area contributed by atoms with E-state index in [0.717, 1.165) is 24.3 Å². The second kappa shape index (κ2) is 14.5. The maximum absolute atomic E-state index is 12.8. The van der Waals surface area contributed by atoms with Gasteiger partial charge in [-0.05, 0) is 65.9 Å². The number of hydrogen-bond acceptors (Lipinski definition) is 11. The summed E-state index contributed by atoms with van der Waals surface area (Å²) in [6.07, 6.45) is 0. The SMILES string of the molecule is Cc1cc(N)c(S(=O)(=O)O)cc1Cl.O=C(Nc1cc(S(=O)(=O)O)cc2cc(S(=O)(=O)O)cc(O)c12)c1ccc(CS(=O)(=O)CCCl)cc1. The molecule has 0 unspecified atom stereocenters. The Hall–Kier alpha value is -3.53. The van der Waals surface area contributed by atoms with Gasteiger partial charge in [0.1, 0.15) is 10.6 Å². The molecule has 0 heterocycles. The number of carbonyl (C=O) groups is 1. The first-order chi connectivity index (χ1) is 21.9. The summed E-state index contributed by atoms with van der Waals surface area (Å²) < 4.78 is 119. The van der Waals surface area contributed by atoms with Crippen LogP contribution in [0.15, 0.2) is 75.4 Å². The van der Waals surface area contributed by atoms with Gasteiger partial charge < -0.3 is 16.2 Å². The van der Waals surface area contributed by atoms with E-state index in [1.165, 1.54) is 30.3 Å². The molecule has 4 aromatic carbocycles. The van der Waals surface area contributed by atoms with Crippen LogP contribution in [0.1, 0.15) is 21.5 Å². The maximum Gasteiger partial charge on any atom is 0.296 e. The Labute approximate surface area is 285 Å². The minimum absolute atomic E-state index is 0.00981. The number of rotatable bonds is 9. The number of benzene rings is 4. The van der Waals surface area contributed by atoms with Crippen molar-refractivity contribution >= 4 is 91.4 Å². The highest BCUT2D eigenvalue weighted by Gasteiger charge is 2.21. The molecule has 0 spiro atoms. The lowest BCUT2D eigenvalue weighted by Crippen LogP contribution is -2.14. The lowest BCUT2D eigenvalue weighted by molar-refractivity contribution is 0.102. The summed E-state index contributed by atoms with van der Waals surface area (Å²) >= 11 is 11.1. The van der Waals surface area contributed by atoms with E-state index in [4.69, 9.17) is 33.5 Å². The Bertz CT molecular complexity index is 2340. The zero-order chi connectivity index (χ0) is 36.4. The van der Waals surface area contributed by atoms with Crippen molar-refractivity contribution in [1.82, 2.24) is 0 Å². The highest BCUT2D eigenvalue weighted by atomic mass is 35.5. The quantitative estimate of drug-likeness (QED) is 0.0798. The summed E-state index contributed by atoms with van der Waals surface area (Å²) in [6, 6.07) is 11.2. The number of nitrogens with one attached hydrogen (secondary N) is 1. The molecule has 48 heavy (non-hydrogen) atoms. The third kappa shape index (κ3) is 10.00. The number of hydrogen-bond donors (Lipinski definition) is 6. The number of fused-ring (bicyclic) bond motifs is 1. The van der Waals surface area contributed by atoms with Crippen molar-refractivity contribution in [3.63, 3.8) is 0 Å². The summed E-state index contributed by atoms with van der Waals surface area (Å²) in [5, 5.41) is 12.6. The highest BCUT2D eigenvalue weighted by Crippen LogP contribution is 2.37. The molecule has 0 bridgehead atoms. The monoisotopic (exact) mass is 784 g/mol. The number of nitrogens with two attached hydrogens (primary N) is 1. The molecular weight excluding hydrogens is 759 g/mol. The Morgan fingerprint density at radius 3 is 1.85 bits per heavy atom. The van der Waals surface area contributed by atoms with E-state index in [0.29, 0.717) is 17.2 Å². The summed E-state index contributed by atoms with van der Waals surface area (Å²) in [5.74, 6) is -2.04. The van der Waals surface area contributed by atoms with Gasteiger partial charge in [-0.15, -0.1) is 11.6 Å². The Balaban J connectivity index is 0.000000402. The number of carbonyl (C=O) groups excluding carboxylic acids is 1. The zero-order valence-corrected chi connectivity index (χ0v) is 29.1. The minimum atomic E-state index is -4.82. The molecule has 21 heteroatoms. The first kappa shape index (κ1) is 38.9. The molecule has 7 N–H and O–H groups in total. The summed E-state index contributed by atoms with van der Waals surface area (Å²) in [4.78, 5) is 11.0. The molecule has 0 aliphatic carbocycles. The molecular formula is C27H26Cl2N2O13S4. The number of aromatic hydroxyl groups is 1. The summed E-state index contributed by atoms with van der Waals surface area (Å²) in [6.45, 7) is 1.69. The van der Waals surface area contributed by atoms with Gasteiger partial charge in [0.15, 0.2) is 9.84 Å². The van der Waals surface area contributed by atoms with Gasteiger partial charge in [0, 0.05) is 27.9 Å². The number of sulfone groups is 1. The van der Waals surface area contributed by atoms with Crippen LogP contribution in [0.4, 0.5) is 11.4 Å². The molecule has 260 valence electrons. The molecule has 0 aliphatic rings. The fraction of sp³-hybridized carbons (Fsp3) is 0.148. The molecule has 0 saturated carbocycles. The summed E-state index contributed by atoms with van der Waals surface area (Å²) in [7, 11) is -17.3. The van der Waals surface area contributed by atoms with E-state index in [2.05, 4.69) is 5.32 Å². The molecule has 0 fully saturated rings. The number of nitrogen functional groups attached to an aromatic ring is 1. The molecule has 4 aromatic rings. The molecule has 4 rings (SSSR count).